The number of aliphatic hydroxyl groups excluding tert-OH is 2. The highest BCUT2D eigenvalue weighted by Crippen LogP contribution is 2.39. The fourth-order valence-electron chi connectivity index (χ4n) is 1.49. The highest BCUT2D eigenvalue weighted by atomic mass is 79.9. The second kappa shape index (κ2) is 6.63. The van der Waals surface area contributed by atoms with Crippen LogP contribution in [0.5, 0.6) is 0 Å². The Morgan fingerprint density at radius 1 is 1.16 bits per heavy atom. The van der Waals surface area contributed by atoms with Crippen molar-refractivity contribution in [3.63, 3.8) is 0 Å². The molecular weight excluding hydrogens is 372 g/mol. The molecule has 1 aromatic carbocycles. The van der Waals surface area contributed by atoms with Crippen LogP contribution in [0.2, 0.25) is 10.0 Å². The Morgan fingerprint density at radius 3 is 2.00 bits per heavy atom. The van der Waals surface area contributed by atoms with E-state index in [4.69, 9.17) is 23.2 Å². The molecule has 0 fully saturated rings. The van der Waals surface area contributed by atoms with E-state index in [1.807, 2.05) is 0 Å². The van der Waals surface area contributed by atoms with Gasteiger partial charge in [-0.2, -0.15) is 13.2 Å². The van der Waals surface area contributed by atoms with Gasteiger partial charge in [-0.15, -0.1) is 0 Å². The van der Waals surface area contributed by atoms with E-state index in [1.165, 1.54) is 0 Å². The quantitative estimate of drug-likeness (QED) is 0.767. The Morgan fingerprint density at radius 2 is 1.63 bits per heavy atom. The summed E-state index contributed by atoms with van der Waals surface area (Å²) in [5.74, 6) is 0. The number of alkyl halides is 4. The van der Waals surface area contributed by atoms with E-state index in [1.54, 1.807) is 0 Å². The van der Waals surface area contributed by atoms with Crippen molar-refractivity contribution in [2.75, 3.05) is 5.33 Å². The van der Waals surface area contributed by atoms with Gasteiger partial charge in [-0.05, 0) is 18.6 Å². The topological polar surface area (TPSA) is 40.5 Å². The standard InChI is InChI=1S/C11H10BrCl2F3O2/c12-2-1-8(18)10(19)9-6(13)3-5(4-7(9)14)11(15,16)17/h3-4,8,10,18-19H,1-2H2. The zero-order valence-corrected chi connectivity index (χ0v) is 12.5. The molecule has 8 heteroatoms. The van der Waals surface area contributed by atoms with Gasteiger partial charge in [0.1, 0.15) is 6.10 Å². The third kappa shape index (κ3) is 4.23. The predicted molar refractivity (Wildman–Crippen MR) is 70.8 cm³/mol. The maximum absolute atomic E-state index is 12.5. The molecule has 1 rings (SSSR count). The number of rotatable bonds is 4. The minimum Gasteiger partial charge on any atom is -0.390 e. The molecule has 2 atom stereocenters. The number of aliphatic hydroxyl groups is 2. The maximum Gasteiger partial charge on any atom is 0.416 e. The molecule has 2 nitrogen and oxygen atoms in total. The molecule has 0 saturated carbocycles. The molecule has 0 radical (unpaired) electrons. The van der Waals surface area contributed by atoms with Gasteiger partial charge in [-0.25, -0.2) is 0 Å². The van der Waals surface area contributed by atoms with Crippen LogP contribution >= 0.6 is 39.1 Å². The first-order valence-corrected chi connectivity index (χ1v) is 7.04. The van der Waals surface area contributed by atoms with Gasteiger partial charge in [-0.3, -0.25) is 0 Å². The number of benzene rings is 1. The van der Waals surface area contributed by atoms with E-state index in [0.29, 0.717) is 17.5 Å². The van der Waals surface area contributed by atoms with E-state index >= 15 is 0 Å². The summed E-state index contributed by atoms with van der Waals surface area (Å²) in [6, 6.07) is 1.35. The lowest BCUT2D eigenvalue weighted by Crippen LogP contribution is -2.20. The largest absolute Gasteiger partial charge is 0.416 e. The smallest absolute Gasteiger partial charge is 0.390 e. The van der Waals surface area contributed by atoms with Gasteiger partial charge in [-0.1, -0.05) is 39.1 Å². The SMILES string of the molecule is OC(CCBr)C(O)c1c(Cl)cc(C(F)(F)F)cc1Cl. The van der Waals surface area contributed by atoms with Crippen LogP contribution in [0.1, 0.15) is 23.7 Å². The Labute approximate surface area is 126 Å². The lowest BCUT2D eigenvalue weighted by molar-refractivity contribution is -0.137. The van der Waals surface area contributed by atoms with Crippen LogP contribution in [0.3, 0.4) is 0 Å². The van der Waals surface area contributed by atoms with Gasteiger partial charge in [0.15, 0.2) is 0 Å². The third-order valence-corrected chi connectivity index (χ3v) is 3.55. The van der Waals surface area contributed by atoms with Gasteiger partial charge < -0.3 is 10.2 Å². The average Bonchev–Trinajstić information content (AvgIpc) is 2.26. The lowest BCUT2D eigenvalue weighted by atomic mass is 10.0. The molecule has 0 heterocycles. The summed E-state index contributed by atoms with van der Waals surface area (Å²) in [6.07, 6.45) is -6.99. The normalized spacial score (nSPS) is 15.4. The van der Waals surface area contributed by atoms with E-state index in [9.17, 15) is 23.4 Å². The van der Waals surface area contributed by atoms with Crippen LogP contribution < -0.4 is 0 Å². The zero-order valence-electron chi connectivity index (χ0n) is 9.39. The molecule has 0 aromatic heterocycles. The summed E-state index contributed by atoms with van der Waals surface area (Å²) >= 11 is 14.5. The van der Waals surface area contributed by atoms with Crippen molar-refractivity contribution < 1.29 is 23.4 Å². The average molecular weight is 382 g/mol. The van der Waals surface area contributed by atoms with Crippen LogP contribution in [0.25, 0.3) is 0 Å². The molecule has 2 N–H and O–H groups in total. The van der Waals surface area contributed by atoms with Gasteiger partial charge in [0.25, 0.3) is 0 Å². The van der Waals surface area contributed by atoms with Gasteiger partial charge in [0, 0.05) is 20.9 Å². The van der Waals surface area contributed by atoms with Crippen molar-refractivity contribution in [1.82, 2.24) is 0 Å². The molecule has 0 spiro atoms. The maximum atomic E-state index is 12.5. The molecule has 0 bridgehead atoms. The fourth-order valence-corrected chi connectivity index (χ4v) is 2.67. The molecule has 0 aliphatic carbocycles. The van der Waals surface area contributed by atoms with Crippen molar-refractivity contribution in [3.05, 3.63) is 33.3 Å². The van der Waals surface area contributed by atoms with E-state index < -0.39 is 23.9 Å². The minimum atomic E-state index is -4.58. The first-order valence-electron chi connectivity index (χ1n) is 5.16. The molecular formula is C11H10BrCl2F3O2. The molecule has 0 amide bonds. The Hall–Kier alpha value is -0.0100. The second-order valence-corrected chi connectivity index (χ2v) is 5.45. The van der Waals surface area contributed by atoms with Crippen LogP contribution in [0, 0.1) is 0 Å². The molecule has 2 unspecified atom stereocenters. The summed E-state index contributed by atoms with van der Waals surface area (Å²) in [6.45, 7) is 0. The number of hydrogen-bond donors (Lipinski definition) is 2. The van der Waals surface area contributed by atoms with Crippen molar-refractivity contribution in [1.29, 1.82) is 0 Å². The van der Waals surface area contributed by atoms with E-state index in [-0.39, 0.29) is 22.0 Å². The fraction of sp³-hybridized carbons (Fsp3) is 0.455. The van der Waals surface area contributed by atoms with Crippen LogP contribution in [0.4, 0.5) is 13.2 Å². The van der Waals surface area contributed by atoms with Crippen molar-refractivity contribution in [3.8, 4) is 0 Å². The van der Waals surface area contributed by atoms with Crippen LogP contribution in [0.15, 0.2) is 12.1 Å². The lowest BCUT2D eigenvalue weighted by Gasteiger charge is -2.20. The summed E-state index contributed by atoms with van der Waals surface area (Å²) in [7, 11) is 0. The third-order valence-electron chi connectivity index (χ3n) is 2.47. The number of hydrogen-bond acceptors (Lipinski definition) is 2. The molecule has 0 saturated heterocycles. The van der Waals surface area contributed by atoms with Crippen LogP contribution in [-0.2, 0) is 6.18 Å². The van der Waals surface area contributed by atoms with Gasteiger partial charge in [0.05, 0.1) is 11.7 Å². The van der Waals surface area contributed by atoms with E-state index in [0.717, 1.165) is 0 Å². The number of halogens is 6. The van der Waals surface area contributed by atoms with E-state index in [2.05, 4.69) is 15.9 Å². The monoisotopic (exact) mass is 380 g/mol. The van der Waals surface area contributed by atoms with Crippen molar-refractivity contribution in [2.24, 2.45) is 0 Å². The highest BCUT2D eigenvalue weighted by molar-refractivity contribution is 9.09. The molecule has 0 aliphatic rings. The molecule has 108 valence electrons. The summed E-state index contributed by atoms with van der Waals surface area (Å²) in [5.41, 5.74) is -1.11. The zero-order chi connectivity index (χ0) is 14.8. The molecule has 0 aliphatic heterocycles. The van der Waals surface area contributed by atoms with Crippen molar-refractivity contribution >= 4 is 39.1 Å². The Balaban J connectivity index is 3.17. The van der Waals surface area contributed by atoms with Gasteiger partial charge >= 0.3 is 6.18 Å². The highest BCUT2D eigenvalue weighted by Gasteiger charge is 2.33. The second-order valence-electron chi connectivity index (χ2n) is 3.84. The van der Waals surface area contributed by atoms with Gasteiger partial charge in [0.2, 0.25) is 0 Å². The summed E-state index contributed by atoms with van der Waals surface area (Å²) in [5, 5.41) is 19.2. The Kier molecular flexibility index (Phi) is 5.95. The summed E-state index contributed by atoms with van der Waals surface area (Å²) in [4.78, 5) is 0. The molecule has 19 heavy (non-hydrogen) atoms. The minimum absolute atomic E-state index is 0.107. The summed E-state index contributed by atoms with van der Waals surface area (Å²) < 4.78 is 37.6. The first kappa shape index (κ1) is 17.0. The predicted octanol–water partition coefficient (Wildman–Crippen LogP) is 4.19. The van der Waals surface area contributed by atoms with Crippen molar-refractivity contribution in [2.45, 2.75) is 24.8 Å². The molecule has 1 aromatic rings. The van der Waals surface area contributed by atoms with Crippen LogP contribution in [-0.4, -0.2) is 21.6 Å². The Bertz CT molecular complexity index is 431. The first-order chi connectivity index (χ1) is 8.68.